The van der Waals surface area contributed by atoms with Crippen LogP contribution in [0.15, 0.2) is 30.5 Å². The standard InChI is InChI=1S/C17H18F3N3O3/c1-3-25-16-13(5-4-11(2)23-16)15(24)22-9-12-6-7-21-14(8-12)26-10-17(18,19)20/h4-8H,3,9-10H2,1-2H3,(H,22,24). The number of nitrogens with zero attached hydrogens (tertiary/aromatic N) is 2. The maximum Gasteiger partial charge on any atom is 0.422 e. The van der Waals surface area contributed by atoms with Gasteiger partial charge in [-0.25, -0.2) is 9.97 Å². The molecule has 2 heterocycles. The van der Waals surface area contributed by atoms with Crippen molar-refractivity contribution < 1.29 is 27.4 Å². The maximum absolute atomic E-state index is 12.3. The average molecular weight is 369 g/mol. The second-order valence-electron chi connectivity index (χ2n) is 5.33. The van der Waals surface area contributed by atoms with Crippen molar-refractivity contribution in [3.05, 3.63) is 47.3 Å². The van der Waals surface area contributed by atoms with Crippen molar-refractivity contribution in [3.8, 4) is 11.8 Å². The Hall–Kier alpha value is -2.84. The van der Waals surface area contributed by atoms with Crippen LogP contribution in [0, 0.1) is 6.92 Å². The van der Waals surface area contributed by atoms with E-state index in [1.165, 1.54) is 12.3 Å². The summed E-state index contributed by atoms with van der Waals surface area (Å²) in [6, 6.07) is 6.19. The minimum atomic E-state index is -4.44. The molecule has 0 bridgehead atoms. The molecule has 1 N–H and O–H groups in total. The lowest BCUT2D eigenvalue weighted by atomic mass is 10.2. The summed E-state index contributed by atoms with van der Waals surface area (Å²) in [6.07, 6.45) is -3.13. The van der Waals surface area contributed by atoms with Gasteiger partial charge >= 0.3 is 6.18 Å². The Bertz CT molecular complexity index is 766. The lowest BCUT2D eigenvalue weighted by molar-refractivity contribution is -0.154. The first-order valence-electron chi connectivity index (χ1n) is 7.81. The molecule has 0 aromatic carbocycles. The van der Waals surface area contributed by atoms with Crippen LogP contribution >= 0.6 is 0 Å². The molecule has 0 aliphatic carbocycles. The predicted molar refractivity (Wildman–Crippen MR) is 87.1 cm³/mol. The smallest absolute Gasteiger partial charge is 0.422 e. The number of aromatic nitrogens is 2. The van der Waals surface area contributed by atoms with Gasteiger partial charge in [-0.2, -0.15) is 13.2 Å². The van der Waals surface area contributed by atoms with Crippen molar-refractivity contribution in [1.29, 1.82) is 0 Å². The molecule has 2 rings (SSSR count). The number of ether oxygens (including phenoxy) is 2. The minimum absolute atomic E-state index is 0.0865. The lowest BCUT2D eigenvalue weighted by Gasteiger charge is -2.11. The van der Waals surface area contributed by atoms with E-state index in [2.05, 4.69) is 20.0 Å². The number of pyridine rings is 2. The van der Waals surface area contributed by atoms with Crippen LogP contribution in [0.3, 0.4) is 0 Å². The summed E-state index contributed by atoms with van der Waals surface area (Å²) in [5.74, 6) is -0.342. The first kappa shape index (κ1) is 19.5. The van der Waals surface area contributed by atoms with Gasteiger partial charge in [-0.3, -0.25) is 4.79 Å². The van der Waals surface area contributed by atoms with E-state index in [1.807, 2.05) is 0 Å². The van der Waals surface area contributed by atoms with Gasteiger partial charge in [0, 0.05) is 24.5 Å². The molecule has 2 aromatic rings. The third kappa shape index (κ3) is 5.91. The van der Waals surface area contributed by atoms with Gasteiger partial charge in [0.15, 0.2) is 6.61 Å². The maximum atomic E-state index is 12.3. The van der Waals surface area contributed by atoms with Crippen LogP contribution < -0.4 is 14.8 Å². The number of alkyl halides is 3. The van der Waals surface area contributed by atoms with Gasteiger partial charge in [-0.05, 0) is 37.6 Å². The topological polar surface area (TPSA) is 73.3 Å². The minimum Gasteiger partial charge on any atom is -0.477 e. The summed E-state index contributed by atoms with van der Waals surface area (Å²) >= 11 is 0. The highest BCUT2D eigenvalue weighted by Gasteiger charge is 2.28. The zero-order valence-electron chi connectivity index (χ0n) is 14.3. The first-order chi connectivity index (χ1) is 12.3. The molecule has 1 amide bonds. The number of amides is 1. The predicted octanol–water partition coefficient (Wildman–Crippen LogP) is 3.05. The fraction of sp³-hybridized carbons (Fsp3) is 0.353. The van der Waals surface area contributed by atoms with E-state index < -0.39 is 18.7 Å². The van der Waals surface area contributed by atoms with Gasteiger partial charge in [0.25, 0.3) is 5.91 Å². The molecule has 0 radical (unpaired) electrons. The molecule has 0 atom stereocenters. The van der Waals surface area contributed by atoms with Crippen LogP contribution in [0.25, 0.3) is 0 Å². The van der Waals surface area contributed by atoms with Gasteiger partial charge in [0.05, 0.1) is 6.61 Å². The Labute approximate surface area is 148 Å². The summed E-state index contributed by atoms with van der Waals surface area (Å²) < 4.78 is 46.5. The Kier molecular flexibility index (Phi) is 6.37. The number of nitrogens with one attached hydrogen (secondary N) is 1. The van der Waals surface area contributed by atoms with Crippen molar-refractivity contribution in [3.63, 3.8) is 0 Å². The molecule has 0 aliphatic heterocycles. The summed E-state index contributed by atoms with van der Waals surface area (Å²) in [5.41, 5.74) is 1.54. The van der Waals surface area contributed by atoms with Crippen molar-refractivity contribution >= 4 is 5.91 Å². The highest BCUT2D eigenvalue weighted by Crippen LogP contribution is 2.18. The van der Waals surface area contributed by atoms with Crippen molar-refractivity contribution in [1.82, 2.24) is 15.3 Å². The number of hydrogen-bond donors (Lipinski definition) is 1. The van der Waals surface area contributed by atoms with Crippen molar-refractivity contribution in [2.45, 2.75) is 26.6 Å². The molecule has 0 unspecified atom stereocenters. The zero-order chi connectivity index (χ0) is 19.2. The molecule has 0 aliphatic rings. The van der Waals surface area contributed by atoms with Gasteiger partial charge < -0.3 is 14.8 Å². The molecule has 0 saturated carbocycles. The van der Waals surface area contributed by atoms with Crippen LogP contribution in [0.2, 0.25) is 0 Å². The summed E-state index contributed by atoms with van der Waals surface area (Å²) in [7, 11) is 0. The molecule has 0 saturated heterocycles. The molecule has 26 heavy (non-hydrogen) atoms. The molecule has 140 valence electrons. The summed E-state index contributed by atoms with van der Waals surface area (Å²) in [4.78, 5) is 20.2. The van der Waals surface area contributed by atoms with E-state index in [-0.39, 0.29) is 23.9 Å². The van der Waals surface area contributed by atoms with Crippen LogP contribution in [-0.4, -0.2) is 35.3 Å². The summed E-state index contributed by atoms with van der Waals surface area (Å²) in [5, 5.41) is 2.67. The van der Waals surface area contributed by atoms with Crippen molar-refractivity contribution in [2.75, 3.05) is 13.2 Å². The van der Waals surface area contributed by atoms with Crippen LogP contribution in [0.1, 0.15) is 28.5 Å². The highest BCUT2D eigenvalue weighted by molar-refractivity contribution is 5.96. The average Bonchev–Trinajstić information content (AvgIpc) is 2.58. The van der Waals surface area contributed by atoms with Crippen molar-refractivity contribution in [2.24, 2.45) is 0 Å². The van der Waals surface area contributed by atoms with E-state index in [0.717, 1.165) is 0 Å². The SMILES string of the molecule is CCOc1nc(C)ccc1C(=O)NCc1ccnc(OCC(F)(F)F)c1. The molecular weight excluding hydrogens is 351 g/mol. The Balaban J connectivity index is 2.01. The first-order valence-corrected chi connectivity index (χ1v) is 7.81. The third-order valence-electron chi connectivity index (χ3n) is 3.16. The monoisotopic (exact) mass is 369 g/mol. The van der Waals surface area contributed by atoms with Gasteiger partial charge in [0.1, 0.15) is 5.56 Å². The van der Waals surface area contributed by atoms with E-state index in [9.17, 15) is 18.0 Å². The van der Waals surface area contributed by atoms with E-state index in [1.54, 1.807) is 32.0 Å². The zero-order valence-corrected chi connectivity index (χ0v) is 14.3. The van der Waals surface area contributed by atoms with E-state index >= 15 is 0 Å². The van der Waals surface area contributed by atoms with E-state index in [0.29, 0.717) is 17.9 Å². The largest absolute Gasteiger partial charge is 0.477 e. The third-order valence-corrected chi connectivity index (χ3v) is 3.16. The number of rotatable bonds is 7. The van der Waals surface area contributed by atoms with Crippen LogP contribution in [-0.2, 0) is 6.54 Å². The molecule has 6 nitrogen and oxygen atoms in total. The highest BCUT2D eigenvalue weighted by atomic mass is 19.4. The van der Waals surface area contributed by atoms with Gasteiger partial charge in [0.2, 0.25) is 11.8 Å². The Morgan fingerprint density at radius 2 is 2.00 bits per heavy atom. The molecule has 9 heteroatoms. The molecule has 2 aromatic heterocycles. The second-order valence-corrected chi connectivity index (χ2v) is 5.33. The van der Waals surface area contributed by atoms with Crippen LogP contribution in [0.5, 0.6) is 11.8 Å². The quantitative estimate of drug-likeness (QED) is 0.812. The normalized spacial score (nSPS) is 11.1. The van der Waals surface area contributed by atoms with E-state index in [4.69, 9.17) is 4.74 Å². The van der Waals surface area contributed by atoms with Gasteiger partial charge in [-0.1, -0.05) is 0 Å². The van der Waals surface area contributed by atoms with Gasteiger partial charge in [-0.15, -0.1) is 0 Å². The second kappa shape index (κ2) is 8.50. The molecule has 0 spiro atoms. The fourth-order valence-electron chi connectivity index (χ4n) is 2.03. The molecule has 0 fully saturated rings. The number of carbonyl (C=O) groups is 1. The fourth-order valence-corrected chi connectivity index (χ4v) is 2.03. The number of aryl methyl sites for hydroxylation is 1. The Morgan fingerprint density at radius 3 is 2.69 bits per heavy atom. The number of halogens is 3. The number of carbonyl (C=O) groups excluding carboxylic acids is 1. The van der Waals surface area contributed by atoms with Crippen LogP contribution in [0.4, 0.5) is 13.2 Å². The Morgan fingerprint density at radius 1 is 1.23 bits per heavy atom. The summed E-state index contributed by atoms with van der Waals surface area (Å²) in [6.45, 7) is 2.58. The lowest BCUT2D eigenvalue weighted by Crippen LogP contribution is -2.24. The number of hydrogen-bond acceptors (Lipinski definition) is 5. The molecular formula is C17H18F3N3O3.